The lowest BCUT2D eigenvalue weighted by atomic mass is 10.1. The van der Waals surface area contributed by atoms with E-state index in [9.17, 15) is 0 Å². The van der Waals surface area contributed by atoms with E-state index in [1.807, 2.05) is 26.8 Å². The Morgan fingerprint density at radius 3 is 2.77 bits per heavy atom. The van der Waals surface area contributed by atoms with Crippen LogP contribution >= 0.6 is 11.8 Å². The zero-order chi connectivity index (χ0) is 9.90. The van der Waals surface area contributed by atoms with Crippen LogP contribution in [0.5, 0.6) is 0 Å². The Morgan fingerprint density at radius 1 is 1.62 bits per heavy atom. The highest BCUT2D eigenvalue weighted by atomic mass is 32.2. The van der Waals surface area contributed by atoms with E-state index in [0.29, 0.717) is 0 Å². The predicted molar refractivity (Wildman–Crippen MR) is 55.7 cm³/mol. The molecule has 4 heteroatoms. The summed E-state index contributed by atoms with van der Waals surface area (Å²) in [4.78, 5) is 0. The van der Waals surface area contributed by atoms with Crippen molar-refractivity contribution in [2.75, 3.05) is 5.75 Å². The van der Waals surface area contributed by atoms with Crippen LogP contribution < -0.4 is 5.73 Å². The van der Waals surface area contributed by atoms with E-state index in [2.05, 4.69) is 5.16 Å². The number of rotatable bonds is 4. The Balaban J connectivity index is 2.28. The molecule has 0 saturated heterocycles. The van der Waals surface area contributed by atoms with E-state index in [1.165, 1.54) is 0 Å². The molecule has 0 aliphatic heterocycles. The fourth-order valence-corrected chi connectivity index (χ4v) is 1.86. The topological polar surface area (TPSA) is 52.0 Å². The maximum Gasteiger partial charge on any atom is 0.146 e. The molecule has 0 saturated carbocycles. The van der Waals surface area contributed by atoms with Gasteiger partial charge in [0.2, 0.25) is 0 Å². The average molecular weight is 200 g/mol. The van der Waals surface area contributed by atoms with Crippen molar-refractivity contribution in [3.63, 3.8) is 0 Å². The minimum atomic E-state index is -0.111. The second kappa shape index (κ2) is 4.15. The summed E-state index contributed by atoms with van der Waals surface area (Å²) in [5, 5.41) is 3.81. The van der Waals surface area contributed by atoms with Gasteiger partial charge < -0.3 is 10.3 Å². The lowest BCUT2D eigenvalue weighted by Gasteiger charge is -2.16. The number of hydrogen-bond acceptors (Lipinski definition) is 4. The summed E-state index contributed by atoms with van der Waals surface area (Å²) in [6.07, 6.45) is 0. The summed E-state index contributed by atoms with van der Waals surface area (Å²) in [6, 6.07) is 1.95. The van der Waals surface area contributed by atoms with Crippen molar-refractivity contribution < 1.29 is 4.52 Å². The van der Waals surface area contributed by atoms with E-state index in [1.54, 1.807) is 11.8 Å². The van der Waals surface area contributed by atoms with Crippen LogP contribution in [0.1, 0.15) is 25.3 Å². The van der Waals surface area contributed by atoms with Crippen molar-refractivity contribution >= 4 is 11.8 Å². The molecule has 0 atom stereocenters. The van der Waals surface area contributed by atoms with Gasteiger partial charge in [0.05, 0.1) is 11.4 Å². The molecule has 1 rings (SSSR count). The number of hydrogen-bond donors (Lipinski definition) is 1. The normalized spacial score (nSPS) is 12.0. The Morgan fingerprint density at radius 2 is 2.31 bits per heavy atom. The molecule has 1 heterocycles. The van der Waals surface area contributed by atoms with Gasteiger partial charge in [0.25, 0.3) is 0 Å². The Kier molecular flexibility index (Phi) is 3.39. The largest absolute Gasteiger partial charge is 0.360 e. The zero-order valence-corrected chi connectivity index (χ0v) is 9.15. The molecule has 1 aromatic rings. The van der Waals surface area contributed by atoms with Gasteiger partial charge in [0, 0.05) is 17.4 Å². The first-order valence-electron chi connectivity index (χ1n) is 4.26. The molecule has 0 radical (unpaired) electrons. The lowest BCUT2D eigenvalue weighted by Crippen LogP contribution is -2.34. The monoisotopic (exact) mass is 200 g/mol. The molecular weight excluding hydrogens is 184 g/mol. The van der Waals surface area contributed by atoms with Gasteiger partial charge in [-0.1, -0.05) is 5.16 Å². The fraction of sp³-hybridized carbons (Fsp3) is 0.667. The van der Waals surface area contributed by atoms with Crippen molar-refractivity contribution in [1.82, 2.24) is 5.16 Å². The third-order valence-corrected chi connectivity index (χ3v) is 2.83. The van der Waals surface area contributed by atoms with Crippen molar-refractivity contribution in [3.05, 3.63) is 17.5 Å². The second-order valence-corrected chi connectivity index (χ2v) is 4.90. The van der Waals surface area contributed by atoms with Crippen molar-refractivity contribution in [2.45, 2.75) is 32.1 Å². The van der Waals surface area contributed by atoms with Gasteiger partial charge in [-0.3, -0.25) is 0 Å². The van der Waals surface area contributed by atoms with Crippen molar-refractivity contribution in [1.29, 1.82) is 0 Å². The van der Waals surface area contributed by atoms with Crippen LogP contribution in [0.2, 0.25) is 0 Å². The molecule has 0 spiro atoms. The second-order valence-electron chi connectivity index (χ2n) is 3.92. The highest BCUT2D eigenvalue weighted by molar-refractivity contribution is 7.98. The van der Waals surface area contributed by atoms with Crippen molar-refractivity contribution in [2.24, 2.45) is 5.73 Å². The molecule has 0 aromatic carbocycles. The number of nitrogens with two attached hydrogens (primary N) is 1. The summed E-state index contributed by atoms with van der Waals surface area (Å²) in [5.41, 5.74) is 6.66. The molecule has 74 valence electrons. The molecule has 2 N–H and O–H groups in total. The zero-order valence-electron chi connectivity index (χ0n) is 8.33. The first kappa shape index (κ1) is 10.6. The van der Waals surface area contributed by atoms with E-state index in [4.69, 9.17) is 10.3 Å². The first-order valence-corrected chi connectivity index (χ1v) is 5.42. The van der Waals surface area contributed by atoms with Crippen LogP contribution in [-0.4, -0.2) is 16.4 Å². The van der Waals surface area contributed by atoms with Crippen LogP contribution in [0.4, 0.5) is 0 Å². The molecule has 0 aliphatic rings. The molecular formula is C9H16N2OS. The van der Waals surface area contributed by atoms with Crippen LogP contribution in [-0.2, 0) is 5.75 Å². The maximum absolute atomic E-state index is 5.84. The molecule has 3 nitrogen and oxygen atoms in total. The summed E-state index contributed by atoms with van der Waals surface area (Å²) >= 11 is 1.77. The van der Waals surface area contributed by atoms with E-state index < -0.39 is 0 Å². The third-order valence-electron chi connectivity index (χ3n) is 1.40. The standard InChI is InChI=1S/C9H16N2OS/c1-7-4-8(12-11-7)5-13-6-9(2,3)10/h4H,5-6,10H2,1-3H3. The minimum Gasteiger partial charge on any atom is -0.360 e. The summed E-state index contributed by atoms with van der Waals surface area (Å²) < 4.78 is 5.07. The number of thioether (sulfide) groups is 1. The molecule has 0 bridgehead atoms. The number of aromatic nitrogens is 1. The molecule has 0 aliphatic carbocycles. The Bertz CT molecular complexity index is 265. The summed E-state index contributed by atoms with van der Waals surface area (Å²) in [6.45, 7) is 5.96. The lowest BCUT2D eigenvalue weighted by molar-refractivity contribution is 0.391. The molecule has 0 unspecified atom stereocenters. The van der Waals surface area contributed by atoms with Gasteiger partial charge in [-0.2, -0.15) is 11.8 Å². The fourth-order valence-electron chi connectivity index (χ4n) is 0.899. The van der Waals surface area contributed by atoms with Crippen LogP contribution in [0.15, 0.2) is 10.6 Å². The van der Waals surface area contributed by atoms with Gasteiger partial charge >= 0.3 is 0 Å². The van der Waals surface area contributed by atoms with Crippen LogP contribution in [0.3, 0.4) is 0 Å². The highest BCUT2D eigenvalue weighted by Crippen LogP contribution is 2.16. The van der Waals surface area contributed by atoms with Gasteiger partial charge in [-0.05, 0) is 20.8 Å². The molecule has 0 amide bonds. The third kappa shape index (κ3) is 4.33. The Labute approximate surface area is 83.0 Å². The number of aryl methyl sites for hydroxylation is 1. The van der Waals surface area contributed by atoms with Gasteiger partial charge in [0.1, 0.15) is 5.76 Å². The van der Waals surface area contributed by atoms with E-state index in [0.717, 1.165) is 23.0 Å². The molecule has 13 heavy (non-hydrogen) atoms. The SMILES string of the molecule is Cc1cc(CSCC(C)(C)N)on1. The minimum absolute atomic E-state index is 0.111. The van der Waals surface area contributed by atoms with E-state index in [-0.39, 0.29) is 5.54 Å². The quantitative estimate of drug-likeness (QED) is 0.807. The van der Waals surface area contributed by atoms with Gasteiger partial charge in [-0.15, -0.1) is 0 Å². The van der Waals surface area contributed by atoms with Gasteiger partial charge in [-0.25, -0.2) is 0 Å². The van der Waals surface area contributed by atoms with Crippen molar-refractivity contribution in [3.8, 4) is 0 Å². The summed E-state index contributed by atoms with van der Waals surface area (Å²) in [5.74, 6) is 2.69. The first-order chi connectivity index (χ1) is 5.97. The van der Waals surface area contributed by atoms with E-state index >= 15 is 0 Å². The Hall–Kier alpha value is -0.480. The molecule has 1 aromatic heterocycles. The van der Waals surface area contributed by atoms with Crippen LogP contribution in [0, 0.1) is 6.92 Å². The molecule has 0 fully saturated rings. The summed E-state index contributed by atoms with van der Waals surface area (Å²) in [7, 11) is 0. The number of nitrogens with zero attached hydrogens (tertiary/aromatic N) is 1. The maximum atomic E-state index is 5.84. The van der Waals surface area contributed by atoms with Crippen LogP contribution in [0.25, 0.3) is 0 Å². The smallest absolute Gasteiger partial charge is 0.146 e. The predicted octanol–water partition coefficient (Wildman–Crippen LogP) is 1.95. The highest BCUT2D eigenvalue weighted by Gasteiger charge is 2.11. The average Bonchev–Trinajstić information content (AvgIpc) is 2.33. The van der Waals surface area contributed by atoms with Gasteiger partial charge in [0.15, 0.2) is 0 Å².